The van der Waals surface area contributed by atoms with E-state index < -0.39 is 0 Å². The van der Waals surface area contributed by atoms with Crippen LogP contribution in [0.4, 0.5) is 11.5 Å². The molecule has 1 aliphatic heterocycles. The van der Waals surface area contributed by atoms with Crippen molar-refractivity contribution in [3.63, 3.8) is 0 Å². The van der Waals surface area contributed by atoms with E-state index >= 15 is 0 Å². The maximum absolute atomic E-state index is 11.7. The van der Waals surface area contributed by atoms with Gasteiger partial charge in [-0.2, -0.15) is 0 Å². The van der Waals surface area contributed by atoms with Gasteiger partial charge in [-0.15, -0.1) is 0 Å². The molecule has 0 saturated carbocycles. The second-order valence-electron chi connectivity index (χ2n) is 3.52. The van der Waals surface area contributed by atoms with Gasteiger partial charge in [0.05, 0.1) is 6.20 Å². The lowest BCUT2D eigenvalue weighted by Gasteiger charge is -2.16. The largest absolute Gasteiger partial charge is 0.382 e. The summed E-state index contributed by atoms with van der Waals surface area (Å²) in [5.74, 6) is 0.784. The van der Waals surface area contributed by atoms with Crippen molar-refractivity contribution in [3.05, 3.63) is 12.5 Å². The SMILES string of the molecule is Nc1ncncc1N1CC(CBr)CC1=O. The Balaban J connectivity index is 2.25. The van der Waals surface area contributed by atoms with Crippen molar-refractivity contribution in [1.82, 2.24) is 9.97 Å². The fourth-order valence-electron chi connectivity index (χ4n) is 1.66. The van der Waals surface area contributed by atoms with Crippen molar-refractivity contribution in [2.75, 3.05) is 22.5 Å². The monoisotopic (exact) mass is 270 g/mol. The number of carbonyl (C=O) groups is 1. The minimum atomic E-state index is 0.0842. The average molecular weight is 271 g/mol. The minimum Gasteiger partial charge on any atom is -0.382 e. The van der Waals surface area contributed by atoms with Crippen LogP contribution in [0.5, 0.6) is 0 Å². The Morgan fingerprint density at radius 3 is 3.07 bits per heavy atom. The molecule has 1 fully saturated rings. The highest BCUT2D eigenvalue weighted by Gasteiger charge is 2.31. The minimum absolute atomic E-state index is 0.0842. The van der Waals surface area contributed by atoms with Crippen LogP contribution in [0.2, 0.25) is 0 Å². The van der Waals surface area contributed by atoms with Crippen LogP contribution in [-0.4, -0.2) is 27.7 Å². The van der Waals surface area contributed by atoms with Gasteiger partial charge in [-0.1, -0.05) is 15.9 Å². The van der Waals surface area contributed by atoms with E-state index in [-0.39, 0.29) is 5.91 Å². The highest BCUT2D eigenvalue weighted by Crippen LogP contribution is 2.28. The number of aromatic nitrogens is 2. The fraction of sp³-hybridized carbons (Fsp3) is 0.444. The van der Waals surface area contributed by atoms with Gasteiger partial charge in [-0.3, -0.25) is 4.79 Å². The maximum atomic E-state index is 11.7. The van der Waals surface area contributed by atoms with Gasteiger partial charge in [0.15, 0.2) is 5.82 Å². The van der Waals surface area contributed by atoms with Gasteiger partial charge >= 0.3 is 0 Å². The van der Waals surface area contributed by atoms with E-state index in [9.17, 15) is 4.79 Å². The second-order valence-corrected chi connectivity index (χ2v) is 4.17. The van der Waals surface area contributed by atoms with Crippen LogP contribution in [0.25, 0.3) is 0 Å². The highest BCUT2D eigenvalue weighted by atomic mass is 79.9. The Morgan fingerprint density at radius 1 is 1.67 bits per heavy atom. The zero-order valence-corrected chi connectivity index (χ0v) is 9.64. The number of nitrogens with two attached hydrogens (primary N) is 1. The summed E-state index contributed by atoms with van der Waals surface area (Å²) in [5, 5.41) is 0.822. The molecule has 1 saturated heterocycles. The molecule has 0 aliphatic carbocycles. The standard InChI is InChI=1S/C9H11BrN4O/c10-2-6-1-8(15)14(4-6)7-3-12-5-13-9(7)11/h3,5-6H,1-2,4H2,(H2,11,12,13). The fourth-order valence-corrected chi connectivity index (χ4v) is 2.09. The molecule has 6 heteroatoms. The number of nitrogen functional groups attached to an aromatic ring is 1. The lowest BCUT2D eigenvalue weighted by atomic mass is 10.2. The molecule has 80 valence electrons. The molecule has 1 aliphatic rings. The molecule has 0 bridgehead atoms. The molecule has 1 aromatic rings. The van der Waals surface area contributed by atoms with Crippen LogP contribution in [0.1, 0.15) is 6.42 Å². The number of hydrogen-bond donors (Lipinski definition) is 1. The van der Waals surface area contributed by atoms with Gasteiger partial charge in [0.25, 0.3) is 0 Å². The van der Waals surface area contributed by atoms with Crippen molar-refractivity contribution < 1.29 is 4.79 Å². The average Bonchev–Trinajstić information content (AvgIpc) is 2.60. The van der Waals surface area contributed by atoms with E-state index in [1.54, 1.807) is 11.1 Å². The van der Waals surface area contributed by atoms with Gasteiger partial charge < -0.3 is 10.6 Å². The van der Waals surface area contributed by atoms with Gasteiger partial charge in [0, 0.05) is 18.3 Å². The molecule has 2 rings (SSSR count). The summed E-state index contributed by atoms with van der Waals surface area (Å²) in [5.41, 5.74) is 6.31. The van der Waals surface area contributed by atoms with Gasteiger partial charge in [-0.05, 0) is 5.92 Å². The molecule has 1 amide bonds. The zero-order valence-electron chi connectivity index (χ0n) is 8.06. The third kappa shape index (κ3) is 1.94. The molecule has 0 aromatic carbocycles. The Labute approximate surface area is 95.8 Å². The van der Waals surface area contributed by atoms with E-state index in [2.05, 4.69) is 25.9 Å². The number of nitrogens with zero attached hydrogens (tertiary/aromatic N) is 3. The molecular formula is C9H11BrN4O. The molecule has 1 unspecified atom stereocenters. The van der Waals surface area contributed by atoms with Crippen LogP contribution in [-0.2, 0) is 4.79 Å². The molecule has 15 heavy (non-hydrogen) atoms. The summed E-state index contributed by atoms with van der Waals surface area (Å²) in [7, 11) is 0. The maximum Gasteiger partial charge on any atom is 0.227 e. The Kier molecular flexibility index (Phi) is 2.86. The second kappa shape index (κ2) is 4.14. The number of carbonyl (C=O) groups excluding carboxylic acids is 1. The third-order valence-corrected chi connectivity index (χ3v) is 3.35. The van der Waals surface area contributed by atoms with E-state index in [1.165, 1.54) is 6.33 Å². The predicted molar refractivity (Wildman–Crippen MR) is 60.7 cm³/mol. The van der Waals surface area contributed by atoms with E-state index in [1.807, 2.05) is 0 Å². The number of anilines is 2. The van der Waals surface area contributed by atoms with Crippen LogP contribution < -0.4 is 10.6 Å². The van der Waals surface area contributed by atoms with Crippen LogP contribution in [0.3, 0.4) is 0 Å². The first-order chi connectivity index (χ1) is 7.22. The number of hydrogen-bond acceptors (Lipinski definition) is 4. The first-order valence-electron chi connectivity index (χ1n) is 4.64. The Hall–Kier alpha value is -1.17. The summed E-state index contributed by atoms with van der Waals surface area (Å²) in [4.78, 5) is 21.1. The summed E-state index contributed by atoms with van der Waals surface area (Å²) >= 11 is 3.38. The molecular weight excluding hydrogens is 260 g/mol. The summed E-state index contributed by atoms with van der Waals surface area (Å²) in [6.45, 7) is 0.682. The van der Waals surface area contributed by atoms with E-state index in [0.717, 1.165) is 5.33 Å². The number of halogens is 1. The van der Waals surface area contributed by atoms with E-state index in [4.69, 9.17) is 5.73 Å². The first-order valence-corrected chi connectivity index (χ1v) is 5.76. The first kappa shape index (κ1) is 10.4. The van der Waals surface area contributed by atoms with E-state index in [0.29, 0.717) is 30.4 Å². The van der Waals surface area contributed by atoms with Crippen LogP contribution >= 0.6 is 15.9 Å². The van der Waals surface area contributed by atoms with Crippen molar-refractivity contribution in [2.45, 2.75) is 6.42 Å². The molecule has 5 nitrogen and oxygen atoms in total. The Morgan fingerprint density at radius 2 is 2.47 bits per heavy atom. The third-order valence-electron chi connectivity index (χ3n) is 2.44. The molecule has 2 N–H and O–H groups in total. The Bertz CT molecular complexity index is 384. The number of amides is 1. The quantitative estimate of drug-likeness (QED) is 0.808. The number of alkyl halides is 1. The summed E-state index contributed by atoms with van der Waals surface area (Å²) in [6, 6.07) is 0. The molecule has 0 radical (unpaired) electrons. The molecule has 1 atom stereocenters. The predicted octanol–water partition coefficient (Wildman–Crippen LogP) is 0.807. The molecule has 0 spiro atoms. The van der Waals surface area contributed by atoms with Gasteiger partial charge in [-0.25, -0.2) is 9.97 Å². The highest BCUT2D eigenvalue weighted by molar-refractivity contribution is 9.09. The van der Waals surface area contributed by atoms with Gasteiger partial charge in [0.2, 0.25) is 5.91 Å². The summed E-state index contributed by atoms with van der Waals surface area (Å²) in [6.07, 6.45) is 3.51. The van der Waals surface area contributed by atoms with Crippen molar-refractivity contribution in [2.24, 2.45) is 5.92 Å². The number of rotatable bonds is 2. The normalized spacial score (nSPS) is 21.0. The van der Waals surface area contributed by atoms with Crippen LogP contribution in [0, 0.1) is 5.92 Å². The van der Waals surface area contributed by atoms with Crippen LogP contribution in [0.15, 0.2) is 12.5 Å². The molecule has 2 heterocycles. The van der Waals surface area contributed by atoms with Gasteiger partial charge in [0.1, 0.15) is 12.0 Å². The smallest absolute Gasteiger partial charge is 0.227 e. The zero-order chi connectivity index (χ0) is 10.8. The lowest BCUT2D eigenvalue weighted by molar-refractivity contribution is -0.117. The molecule has 1 aromatic heterocycles. The topological polar surface area (TPSA) is 72.1 Å². The summed E-state index contributed by atoms with van der Waals surface area (Å²) < 4.78 is 0. The lowest BCUT2D eigenvalue weighted by Crippen LogP contribution is -2.26. The van der Waals surface area contributed by atoms with Crippen molar-refractivity contribution >= 4 is 33.3 Å². The van der Waals surface area contributed by atoms with Crippen molar-refractivity contribution in [1.29, 1.82) is 0 Å². The van der Waals surface area contributed by atoms with Crippen molar-refractivity contribution in [3.8, 4) is 0 Å².